The number of nitrogen functional groups attached to an aromatic ring is 1. The molecule has 5 rings (SSSR count). The van der Waals surface area contributed by atoms with E-state index in [1.807, 2.05) is 84.1 Å². The van der Waals surface area contributed by atoms with E-state index in [9.17, 15) is 19.5 Å². The van der Waals surface area contributed by atoms with Gasteiger partial charge in [-0.1, -0.05) is 38.1 Å². The Labute approximate surface area is 349 Å². The molecule has 59 heavy (non-hydrogen) atoms. The minimum atomic E-state index is -1.23. The Bertz CT molecular complexity index is 1740. The SMILES string of the molecule is CC[C@H]1OC(=O)[C@H](C)C(=O)[C@@H](C)[C@@H](O[C@@H]2OC(C)CC(N(C)C)C2O)[C@](C)(OC)C[C@@H](C)CN[C@H](C)[C@H]2N(CCCCn3cc(-c4cccc(N)c4)nn3)C(=O)O[C@]12C. The maximum absolute atomic E-state index is 14.4. The molecule has 16 heteroatoms. The molecule has 0 radical (unpaired) electrons. The zero-order valence-corrected chi connectivity index (χ0v) is 36.9. The molecule has 0 saturated carbocycles. The molecular weight excluding hydrogens is 759 g/mol. The lowest BCUT2D eigenvalue weighted by Gasteiger charge is -2.46. The maximum atomic E-state index is 14.4. The number of carbonyl (C=O) groups excluding carboxylic acids is 3. The molecule has 13 atom stereocenters. The van der Waals surface area contributed by atoms with Crippen molar-refractivity contribution in [3.8, 4) is 11.3 Å². The molecule has 1 aromatic carbocycles. The van der Waals surface area contributed by atoms with Crippen molar-refractivity contribution in [2.45, 2.75) is 154 Å². The monoisotopic (exact) mass is 828 g/mol. The fourth-order valence-corrected chi connectivity index (χ4v) is 9.45. The lowest BCUT2D eigenvalue weighted by molar-refractivity contribution is -0.295. The largest absolute Gasteiger partial charge is 0.458 e. The summed E-state index contributed by atoms with van der Waals surface area (Å²) in [4.78, 5) is 45.9. The zero-order valence-electron chi connectivity index (χ0n) is 36.9. The molecule has 16 nitrogen and oxygen atoms in total. The van der Waals surface area contributed by atoms with Gasteiger partial charge in [-0.2, -0.15) is 0 Å². The molecule has 3 saturated heterocycles. The van der Waals surface area contributed by atoms with Crippen LogP contribution in [0.4, 0.5) is 10.5 Å². The highest BCUT2D eigenvalue weighted by Gasteiger charge is 2.58. The van der Waals surface area contributed by atoms with Crippen molar-refractivity contribution in [2.75, 3.05) is 40.0 Å². The van der Waals surface area contributed by atoms with Gasteiger partial charge in [-0.3, -0.25) is 19.2 Å². The fourth-order valence-electron chi connectivity index (χ4n) is 9.45. The first-order chi connectivity index (χ1) is 27.8. The van der Waals surface area contributed by atoms with E-state index in [0.717, 1.165) is 11.3 Å². The molecule has 4 N–H and O–H groups in total. The van der Waals surface area contributed by atoms with Crippen LogP contribution in [-0.2, 0) is 39.8 Å². The third kappa shape index (κ3) is 10.3. The standard InChI is InChI=1S/C43H69N7O9/c1-12-34-43(8)37(50(41(54)59-43)19-14-13-18-49-24-32(46-47-49)30-16-15-17-31(44)21-30)29(6)45-23-25(2)22-42(7,55-11)38(27(4)35(51)28(5)39(53)57-34)58-40-36(52)33(48(9)10)20-26(3)56-40/h15-17,21,24-29,33-34,36-38,40,45,52H,12-14,18-20,22-23,44H2,1-11H3/t25-,26?,27-,28-,29-,33?,34-,36?,37-,38-,40+,42-,43-/m1/s1. The van der Waals surface area contributed by atoms with E-state index in [0.29, 0.717) is 57.4 Å². The number of nitrogens with one attached hydrogen (secondary N) is 1. The summed E-state index contributed by atoms with van der Waals surface area (Å²) in [7, 11) is 5.39. The molecule has 4 heterocycles. The second-order valence-electron chi connectivity index (χ2n) is 17.8. The molecule has 330 valence electrons. The number of nitrogens with zero attached hydrogens (tertiary/aromatic N) is 5. The average molecular weight is 828 g/mol. The number of Topliss-reactive ketones (excluding diaryl/α,β-unsaturated/α-hetero) is 1. The number of ether oxygens (including phenoxy) is 5. The number of anilines is 1. The quantitative estimate of drug-likeness (QED) is 0.126. The molecule has 1 aromatic heterocycles. The number of nitrogens with two attached hydrogens (primary N) is 1. The number of aromatic nitrogens is 3. The van der Waals surface area contributed by atoms with Gasteiger partial charge in [-0.05, 0) is 105 Å². The number of methoxy groups -OCH3 is 1. The topological polar surface area (TPSA) is 193 Å². The van der Waals surface area contributed by atoms with Gasteiger partial charge in [0.2, 0.25) is 0 Å². The molecular formula is C43H69N7O9. The number of hydrogen-bond donors (Lipinski definition) is 3. The van der Waals surface area contributed by atoms with E-state index < -0.39 is 71.5 Å². The number of benzene rings is 1. The summed E-state index contributed by atoms with van der Waals surface area (Å²) in [5.41, 5.74) is 5.95. The van der Waals surface area contributed by atoms with Gasteiger partial charge in [0.25, 0.3) is 0 Å². The van der Waals surface area contributed by atoms with Crippen LogP contribution in [0.25, 0.3) is 11.3 Å². The average Bonchev–Trinajstić information content (AvgIpc) is 3.77. The highest BCUT2D eigenvalue weighted by atomic mass is 16.7. The van der Waals surface area contributed by atoms with E-state index in [1.54, 1.807) is 23.6 Å². The highest BCUT2D eigenvalue weighted by Crippen LogP contribution is 2.40. The van der Waals surface area contributed by atoms with Gasteiger partial charge in [0.05, 0.1) is 30.0 Å². The maximum Gasteiger partial charge on any atom is 0.410 e. The number of ketones is 1. The molecule has 3 aliphatic rings. The number of rotatable bonds is 11. The zero-order chi connectivity index (χ0) is 43.4. The number of aliphatic hydroxyl groups excluding tert-OH is 1. The van der Waals surface area contributed by atoms with E-state index in [2.05, 4.69) is 22.6 Å². The van der Waals surface area contributed by atoms with E-state index >= 15 is 0 Å². The van der Waals surface area contributed by atoms with Crippen LogP contribution in [0.3, 0.4) is 0 Å². The Morgan fingerprint density at radius 1 is 1.08 bits per heavy atom. The molecule has 2 aromatic rings. The molecule has 1 amide bonds. The second kappa shape index (κ2) is 19.4. The van der Waals surface area contributed by atoms with Crippen molar-refractivity contribution < 1.29 is 43.2 Å². The number of aryl methyl sites for hydroxylation is 1. The van der Waals surface area contributed by atoms with Gasteiger partial charge < -0.3 is 44.7 Å². The Kier molecular flexibility index (Phi) is 15.2. The highest BCUT2D eigenvalue weighted by molar-refractivity contribution is 6.00. The number of likely N-dealkylation sites (N-methyl/N-ethyl adjacent to an activating group) is 1. The van der Waals surface area contributed by atoms with E-state index in [-0.39, 0.29) is 24.1 Å². The Morgan fingerprint density at radius 3 is 2.46 bits per heavy atom. The van der Waals surface area contributed by atoms with Crippen LogP contribution in [0.5, 0.6) is 0 Å². The smallest absolute Gasteiger partial charge is 0.410 e. The first-order valence-corrected chi connectivity index (χ1v) is 21.3. The van der Waals surface area contributed by atoms with Crippen LogP contribution in [0.1, 0.15) is 87.5 Å². The molecule has 0 spiro atoms. The van der Waals surface area contributed by atoms with Crippen LogP contribution < -0.4 is 11.1 Å². The minimum absolute atomic E-state index is 0.0125. The first kappa shape index (κ1) is 46.4. The number of cyclic esters (lactones) is 1. The van der Waals surface area contributed by atoms with Crippen molar-refractivity contribution in [1.29, 1.82) is 0 Å². The third-order valence-electron chi connectivity index (χ3n) is 12.8. The van der Waals surface area contributed by atoms with Crippen LogP contribution in [0.2, 0.25) is 0 Å². The van der Waals surface area contributed by atoms with Crippen LogP contribution in [0, 0.1) is 17.8 Å². The first-order valence-electron chi connectivity index (χ1n) is 21.3. The lowest BCUT2D eigenvalue weighted by atomic mass is 9.78. The normalized spacial score (nSPS) is 36.5. The summed E-state index contributed by atoms with van der Waals surface area (Å²) >= 11 is 0. The van der Waals surface area contributed by atoms with Gasteiger partial charge in [0.1, 0.15) is 23.8 Å². The molecule has 0 aliphatic carbocycles. The summed E-state index contributed by atoms with van der Waals surface area (Å²) in [6.45, 7) is 16.4. The van der Waals surface area contributed by atoms with Gasteiger partial charge in [0.15, 0.2) is 17.7 Å². The van der Waals surface area contributed by atoms with Crippen molar-refractivity contribution in [2.24, 2.45) is 17.8 Å². The predicted molar refractivity (Wildman–Crippen MR) is 222 cm³/mol. The van der Waals surface area contributed by atoms with Crippen LogP contribution in [0.15, 0.2) is 30.5 Å². The van der Waals surface area contributed by atoms with E-state index in [1.165, 1.54) is 6.92 Å². The van der Waals surface area contributed by atoms with E-state index in [4.69, 9.17) is 29.4 Å². The third-order valence-corrected chi connectivity index (χ3v) is 12.8. The Hall–Kier alpha value is -3.67. The molecule has 3 aliphatic heterocycles. The Balaban J connectivity index is 1.38. The number of hydrogen-bond acceptors (Lipinski definition) is 14. The van der Waals surface area contributed by atoms with Gasteiger partial charge in [-0.25, -0.2) is 4.79 Å². The van der Waals surface area contributed by atoms with Gasteiger partial charge in [-0.15, -0.1) is 5.10 Å². The van der Waals surface area contributed by atoms with Crippen molar-refractivity contribution in [3.05, 3.63) is 30.5 Å². The van der Waals surface area contributed by atoms with Crippen molar-refractivity contribution in [3.63, 3.8) is 0 Å². The minimum Gasteiger partial charge on any atom is -0.458 e. The number of carbonyl (C=O) groups is 3. The summed E-state index contributed by atoms with van der Waals surface area (Å²) < 4.78 is 33.3. The Morgan fingerprint density at radius 2 is 1.80 bits per heavy atom. The van der Waals surface area contributed by atoms with Gasteiger partial charge in [0, 0.05) is 49.5 Å². The second-order valence-corrected chi connectivity index (χ2v) is 17.8. The number of amides is 1. The molecule has 0 bridgehead atoms. The lowest BCUT2D eigenvalue weighted by Crippen LogP contribution is -2.61. The van der Waals surface area contributed by atoms with Crippen LogP contribution in [-0.4, -0.2) is 142 Å². The van der Waals surface area contributed by atoms with Gasteiger partial charge >= 0.3 is 12.1 Å². The molecule has 3 fully saturated rings. The summed E-state index contributed by atoms with van der Waals surface area (Å²) in [6.07, 6.45) is 0.194. The number of unbranched alkanes of at least 4 members (excludes halogenated alkanes) is 1. The summed E-state index contributed by atoms with van der Waals surface area (Å²) in [5.74, 6) is -3.16. The number of fused-ring (bicyclic) bond motifs is 1. The van der Waals surface area contributed by atoms with Crippen LogP contribution >= 0.6 is 0 Å². The number of esters is 1. The fraction of sp³-hybridized carbons (Fsp3) is 0.744. The predicted octanol–water partition coefficient (Wildman–Crippen LogP) is 4.28. The van der Waals surface area contributed by atoms with Crippen molar-refractivity contribution in [1.82, 2.24) is 30.1 Å². The molecule has 3 unspecified atom stereocenters. The number of aliphatic hydroxyl groups is 1. The summed E-state index contributed by atoms with van der Waals surface area (Å²) in [6, 6.07) is 6.46. The van der Waals surface area contributed by atoms with Crippen molar-refractivity contribution >= 4 is 23.5 Å². The summed E-state index contributed by atoms with van der Waals surface area (Å²) in [5, 5.41) is 23.7.